The molecule has 0 aromatic rings. The normalized spacial score (nSPS) is 19.7. The summed E-state index contributed by atoms with van der Waals surface area (Å²) in [5.74, 6) is -2.39. The number of nitrogens with one attached hydrogen (secondary N) is 1. The van der Waals surface area contributed by atoms with Gasteiger partial charge in [0.2, 0.25) is 5.92 Å². The molecule has 1 aliphatic rings. The number of rotatable bonds is 10. The lowest BCUT2D eigenvalue weighted by atomic mass is 9.92. The van der Waals surface area contributed by atoms with Gasteiger partial charge in [-0.05, 0) is 25.8 Å². The minimum atomic E-state index is -2.39. The van der Waals surface area contributed by atoms with Crippen LogP contribution < -0.4 is 5.32 Å². The van der Waals surface area contributed by atoms with Crippen molar-refractivity contribution < 1.29 is 8.78 Å². The Morgan fingerprint density at radius 2 is 1.42 bits per heavy atom. The predicted octanol–water partition coefficient (Wildman–Crippen LogP) is 5.29. The van der Waals surface area contributed by atoms with E-state index >= 15 is 0 Å². The van der Waals surface area contributed by atoms with E-state index in [2.05, 4.69) is 12.2 Å². The van der Waals surface area contributed by atoms with Crippen molar-refractivity contribution in [1.29, 1.82) is 0 Å². The second-order valence-corrected chi connectivity index (χ2v) is 6.06. The van der Waals surface area contributed by atoms with Crippen LogP contribution in [-0.4, -0.2) is 18.5 Å². The third-order valence-electron chi connectivity index (χ3n) is 4.18. The molecule has 3 heteroatoms. The van der Waals surface area contributed by atoms with Crippen molar-refractivity contribution in [3.8, 4) is 0 Å². The third-order valence-corrected chi connectivity index (χ3v) is 4.18. The highest BCUT2D eigenvalue weighted by atomic mass is 19.3. The molecule has 1 fully saturated rings. The maximum Gasteiger partial charge on any atom is 0.248 e. The van der Waals surface area contributed by atoms with E-state index in [-0.39, 0.29) is 12.8 Å². The molecular formula is C16H31F2N. The third kappa shape index (κ3) is 8.56. The monoisotopic (exact) mass is 275 g/mol. The van der Waals surface area contributed by atoms with Crippen LogP contribution in [0, 0.1) is 0 Å². The van der Waals surface area contributed by atoms with Crippen LogP contribution in [0.3, 0.4) is 0 Å². The number of halogens is 2. The van der Waals surface area contributed by atoms with E-state index in [0.717, 1.165) is 6.54 Å². The molecule has 1 nitrogen and oxygen atoms in total. The van der Waals surface area contributed by atoms with Crippen molar-refractivity contribution in [2.24, 2.45) is 0 Å². The Balaban J connectivity index is 1.84. The lowest BCUT2D eigenvalue weighted by molar-refractivity contribution is -0.0403. The fourth-order valence-corrected chi connectivity index (χ4v) is 2.81. The number of hydrogen-bond donors (Lipinski definition) is 1. The van der Waals surface area contributed by atoms with Gasteiger partial charge in [0.25, 0.3) is 0 Å². The van der Waals surface area contributed by atoms with Gasteiger partial charge in [-0.25, -0.2) is 8.78 Å². The smallest absolute Gasteiger partial charge is 0.248 e. The Labute approximate surface area is 117 Å². The Morgan fingerprint density at radius 3 is 2.00 bits per heavy atom. The van der Waals surface area contributed by atoms with Gasteiger partial charge in [-0.1, -0.05) is 51.9 Å². The minimum Gasteiger partial charge on any atom is -0.314 e. The average Bonchev–Trinajstić information content (AvgIpc) is 2.38. The van der Waals surface area contributed by atoms with Crippen LogP contribution in [0.5, 0.6) is 0 Å². The molecule has 1 rings (SSSR count). The van der Waals surface area contributed by atoms with Gasteiger partial charge < -0.3 is 5.32 Å². The molecule has 0 bridgehead atoms. The van der Waals surface area contributed by atoms with Crippen molar-refractivity contribution in [1.82, 2.24) is 5.32 Å². The Morgan fingerprint density at radius 1 is 0.895 bits per heavy atom. The summed E-state index contributed by atoms with van der Waals surface area (Å²) in [6, 6.07) is 0.337. The van der Waals surface area contributed by atoms with Crippen LogP contribution in [0.15, 0.2) is 0 Å². The van der Waals surface area contributed by atoms with Crippen molar-refractivity contribution in [2.45, 2.75) is 95.9 Å². The lowest BCUT2D eigenvalue weighted by Gasteiger charge is -2.28. The largest absolute Gasteiger partial charge is 0.314 e. The Kier molecular flexibility index (Phi) is 8.60. The number of hydrogen-bond acceptors (Lipinski definition) is 1. The van der Waals surface area contributed by atoms with E-state index in [1.165, 1.54) is 51.4 Å². The highest BCUT2D eigenvalue weighted by Crippen LogP contribution is 2.32. The van der Waals surface area contributed by atoms with Gasteiger partial charge in [0, 0.05) is 18.9 Å². The van der Waals surface area contributed by atoms with E-state index < -0.39 is 5.92 Å². The summed E-state index contributed by atoms with van der Waals surface area (Å²) < 4.78 is 25.9. The maximum atomic E-state index is 13.0. The van der Waals surface area contributed by atoms with Crippen molar-refractivity contribution >= 4 is 0 Å². The second kappa shape index (κ2) is 9.68. The molecule has 1 aliphatic carbocycles. The summed E-state index contributed by atoms with van der Waals surface area (Å²) in [4.78, 5) is 0. The molecule has 0 spiro atoms. The SMILES string of the molecule is CCCCCCCCCCNC1CCC(F)(F)CC1. The molecule has 114 valence electrons. The van der Waals surface area contributed by atoms with Gasteiger partial charge >= 0.3 is 0 Å². The molecule has 0 radical (unpaired) electrons. The van der Waals surface area contributed by atoms with Crippen LogP contribution in [0.4, 0.5) is 8.78 Å². The van der Waals surface area contributed by atoms with E-state index in [9.17, 15) is 8.78 Å². The summed E-state index contributed by atoms with van der Waals surface area (Å²) >= 11 is 0. The molecule has 0 aliphatic heterocycles. The summed E-state index contributed by atoms with van der Waals surface area (Å²) in [6.45, 7) is 3.25. The number of unbranched alkanes of at least 4 members (excludes halogenated alkanes) is 7. The van der Waals surface area contributed by atoms with Gasteiger partial charge in [0.15, 0.2) is 0 Å². The topological polar surface area (TPSA) is 12.0 Å². The van der Waals surface area contributed by atoms with Crippen LogP contribution in [0.1, 0.15) is 84.0 Å². The highest BCUT2D eigenvalue weighted by molar-refractivity contribution is 4.81. The van der Waals surface area contributed by atoms with Crippen LogP contribution in [0.25, 0.3) is 0 Å². The minimum absolute atomic E-state index is 0.0715. The molecule has 0 heterocycles. The van der Waals surface area contributed by atoms with Gasteiger partial charge in [-0.2, -0.15) is 0 Å². The van der Waals surface area contributed by atoms with Gasteiger partial charge in [-0.15, -0.1) is 0 Å². The van der Waals surface area contributed by atoms with Crippen LogP contribution in [-0.2, 0) is 0 Å². The van der Waals surface area contributed by atoms with Gasteiger partial charge in [0.1, 0.15) is 0 Å². The van der Waals surface area contributed by atoms with E-state index in [0.29, 0.717) is 18.9 Å². The van der Waals surface area contributed by atoms with Crippen LogP contribution >= 0.6 is 0 Å². The number of alkyl halides is 2. The second-order valence-electron chi connectivity index (χ2n) is 6.06. The molecule has 0 aromatic carbocycles. The standard InChI is InChI=1S/C16H31F2N/c1-2-3-4-5-6-7-8-9-14-19-15-10-12-16(17,18)13-11-15/h15,19H,2-14H2,1H3. The molecule has 0 aromatic heterocycles. The lowest BCUT2D eigenvalue weighted by Crippen LogP contribution is -2.37. The molecule has 1 N–H and O–H groups in total. The molecule has 0 saturated heterocycles. The fraction of sp³-hybridized carbons (Fsp3) is 1.00. The van der Waals surface area contributed by atoms with E-state index in [1.54, 1.807) is 0 Å². The van der Waals surface area contributed by atoms with Gasteiger partial charge in [-0.3, -0.25) is 0 Å². The zero-order valence-corrected chi connectivity index (χ0v) is 12.5. The first-order valence-corrected chi connectivity index (χ1v) is 8.25. The predicted molar refractivity (Wildman–Crippen MR) is 77.8 cm³/mol. The quantitative estimate of drug-likeness (QED) is 0.534. The molecule has 0 amide bonds. The first-order chi connectivity index (χ1) is 9.14. The van der Waals surface area contributed by atoms with Gasteiger partial charge in [0.05, 0.1) is 0 Å². The summed E-state index contributed by atoms with van der Waals surface area (Å²) in [7, 11) is 0. The van der Waals surface area contributed by atoms with E-state index in [1.807, 2.05) is 0 Å². The first kappa shape index (κ1) is 16.9. The molecule has 0 unspecified atom stereocenters. The first-order valence-electron chi connectivity index (χ1n) is 8.25. The van der Waals surface area contributed by atoms with Crippen molar-refractivity contribution in [3.63, 3.8) is 0 Å². The zero-order chi connectivity index (χ0) is 14.0. The Bertz CT molecular complexity index is 209. The Hall–Kier alpha value is -0.180. The zero-order valence-electron chi connectivity index (χ0n) is 12.5. The molecule has 19 heavy (non-hydrogen) atoms. The van der Waals surface area contributed by atoms with Crippen molar-refractivity contribution in [2.75, 3.05) is 6.54 Å². The summed E-state index contributed by atoms with van der Waals surface area (Å²) in [6.07, 6.45) is 12.0. The summed E-state index contributed by atoms with van der Waals surface area (Å²) in [5.41, 5.74) is 0. The molecule has 1 saturated carbocycles. The molecular weight excluding hydrogens is 244 g/mol. The maximum absolute atomic E-state index is 13.0. The molecule has 0 atom stereocenters. The summed E-state index contributed by atoms with van der Waals surface area (Å²) in [5, 5.41) is 3.44. The highest BCUT2D eigenvalue weighted by Gasteiger charge is 2.34. The fourth-order valence-electron chi connectivity index (χ4n) is 2.81. The van der Waals surface area contributed by atoms with Crippen molar-refractivity contribution in [3.05, 3.63) is 0 Å². The van der Waals surface area contributed by atoms with E-state index in [4.69, 9.17) is 0 Å². The average molecular weight is 275 g/mol. The van der Waals surface area contributed by atoms with Crippen LogP contribution in [0.2, 0.25) is 0 Å².